The van der Waals surface area contributed by atoms with Crippen molar-refractivity contribution in [1.29, 1.82) is 0 Å². The standard InChI is InChI=1S/C4H10ClO3P/c1-4(5)2-3-8-9(6)7/h4,6-7H,2-3H2,1H3. The van der Waals surface area contributed by atoms with Gasteiger partial charge < -0.3 is 14.3 Å². The topological polar surface area (TPSA) is 49.7 Å². The Hall–Kier alpha value is 0.600. The van der Waals surface area contributed by atoms with E-state index in [1.165, 1.54) is 0 Å². The lowest BCUT2D eigenvalue weighted by molar-refractivity contribution is 0.251. The lowest BCUT2D eigenvalue weighted by Crippen LogP contribution is -1.97. The predicted octanol–water partition coefficient (Wildman–Crippen LogP) is 1.23. The van der Waals surface area contributed by atoms with Crippen LogP contribution in [0.4, 0.5) is 0 Å². The minimum absolute atomic E-state index is 0.0277. The van der Waals surface area contributed by atoms with Crippen LogP contribution in [0.15, 0.2) is 0 Å². The number of alkyl halides is 1. The Bertz CT molecular complexity index is 60.8. The van der Waals surface area contributed by atoms with Crippen molar-refractivity contribution < 1.29 is 14.3 Å². The van der Waals surface area contributed by atoms with Crippen LogP contribution in [0.2, 0.25) is 0 Å². The van der Waals surface area contributed by atoms with Gasteiger partial charge in [-0.3, -0.25) is 0 Å². The summed E-state index contributed by atoms with van der Waals surface area (Å²) < 4.78 is 4.44. The fourth-order valence-electron chi connectivity index (χ4n) is 0.297. The quantitative estimate of drug-likeness (QED) is 0.495. The van der Waals surface area contributed by atoms with Gasteiger partial charge in [-0.05, 0) is 13.3 Å². The third-order valence-corrected chi connectivity index (χ3v) is 1.35. The van der Waals surface area contributed by atoms with Gasteiger partial charge in [-0.15, -0.1) is 11.6 Å². The van der Waals surface area contributed by atoms with Gasteiger partial charge in [-0.1, -0.05) is 0 Å². The summed E-state index contributed by atoms with van der Waals surface area (Å²) in [6.07, 6.45) is 0.640. The molecule has 0 saturated carbocycles. The van der Waals surface area contributed by atoms with Crippen LogP contribution >= 0.6 is 20.2 Å². The van der Waals surface area contributed by atoms with Gasteiger partial charge in [0.1, 0.15) is 0 Å². The third-order valence-electron chi connectivity index (χ3n) is 0.722. The van der Waals surface area contributed by atoms with Crippen molar-refractivity contribution in [2.75, 3.05) is 6.61 Å². The van der Waals surface area contributed by atoms with Crippen LogP contribution in [-0.4, -0.2) is 21.8 Å². The number of hydrogen-bond donors (Lipinski definition) is 2. The lowest BCUT2D eigenvalue weighted by Gasteiger charge is -2.03. The first-order valence-electron chi connectivity index (χ1n) is 2.58. The average Bonchev–Trinajstić information content (AvgIpc) is 1.63. The van der Waals surface area contributed by atoms with Gasteiger partial charge >= 0.3 is 8.60 Å². The molecule has 0 aliphatic heterocycles. The van der Waals surface area contributed by atoms with Crippen molar-refractivity contribution in [3.05, 3.63) is 0 Å². The molecule has 0 spiro atoms. The molecule has 9 heavy (non-hydrogen) atoms. The molecule has 0 radical (unpaired) electrons. The molecule has 0 bridgehead atoms. The predicted molar refractivity (Wildman–Crippen MR) is 37.2 cm³/mol. The highest BCUT2D eigenvalue weighted by molar-refractivity contribution is 7.39. The van der Waals surface area contributed by atoms with Crippen molar-refractivity contribution >= 4 is 20.2 Å². The first-order valence-corrected chi connectivity index (χ1v) is 4.18. The highest BCUT2D eigenvalue weighted by atomic mass is 35.5. The first-order chi connectivity index (χ1) is 4.13. The van der Waals surface area contributed by atoms with Crippen LogP contribution in [0.3, 0.4) is 0 Å². The van der Waals surface area contributed by atoms with E-state index in [4.69, 9.17) is 21.4 Å². The Kier molecular flexibility index (Phi) is 5.75. The van der Waals surface area contributed by atoms with Crippen molar-refractivity contribution in [3.8, 4) is 0 Å². The molecule has 0 saturated heterocycles. The lowest BCUT2D eigenvalue weighted by atomic mass is 10.4. The monoisotopic (exact) mass is 172 g/mol. The highest BCUT2D eigenvalue weighted by Crippen LogP contribution is 2.24. The molecular formula is C4H10ClO3P. The Balaban J connectivity index is 2.91. The fourth-order valence-corrected chi connectivity index (χ4v) is 0.655. The number of rotatable bonds is 4. The molecule has 2 N–H and O–H groups in total. The summed E-state index contributed by atoms with van der Waals surface area (Å²) in [5, 5.41) is 0.0277. The van der Waals surface area contributed by atoms with Crippen molar-refractivity contribution in [2.45, 2.75) is 18.7 Å². The van der Waals surface area contributed by atoms with E-state index in [0.717, 1.165) is 0 Å². The molecule has 1 atom stereocenters. The molecule has 0 amide bonds. The van der Waals surface area contributed by atoms with Gasteiger partial charge in [0.2, 0.25) is 0 Å². The van der Waals surface area contributed by atoms with Crippen LogP contribution in [0.1, 0.15) is 13.3 Å². The number of halogens is 1. The Morgan fingerprint density at radius 3 is 2.56 bits per heavy atom. The molecule has 0 aliphatic rings. The molecule has 0 aromatic carbocycles. The van der Waals surface area contributed by atoms with E-state index in [9.17, 15) is 0 Å². The van der Waals surface area contributed by atoms with E-state index < -0.39 is 8.60 Å². The summed E-state index contributed by atoms with van der Waals surface area (Å²) in [5.74, 6) is 0. The van der Waals surface area contributed by atoms with Crippen LogP contribution in [0.5, 0.6) is 0 Å². The Labute approximate surface area is 60.6 Å². The van der Waals surface area contributed by atoms with E-state index in [1.807, 2.05) is 6.92 Å². The minimum Gasteiger partial charge on any atom is -0.328 e. The normalized spacial score (nSPS) is 14.3. The summed E-state index contributed by atoms with van der Waals surface area (Å²) in [4.78, 5) is 16.4. The smallest absolute Gasteiger partial charge is 0.327 e. The van der Waals surface area contributed by atoms with E-state index in [1.54, 1.807) is 0 Å². The summed E-state index contributed by atoms with van der Waals surface area (Å²) in [7, 11) is -2.19. The summed E-state index contributed by atoms with van der Waals surface area (Å²) >= 11 is 5.53. The zero-order valence-corrected chi connectivity index (χ0v) is 6.77. The summed E-state index contributed by atoms with van der Waals surface area (Å²) in [6.45, 7) is 2.13. The molecule has 3 nitrogen and oxygen atoms in total. The average molecular weight is 173 g/mol. The van der Waals surface area contributed by atoms with E-state index in [-0.39, 0.29) is 5.38 Å². The van der Waals surface area contributed by atoms with Crippen LogP contribution in [0, 0.1) is 0 Å². The van der Waals surface area contributed by atoms with Gasteiger partial charge in [-0.2, -0.15) is 0 Å². The van der Waals surface area contributed by atoms with Crippen molar-refractivity contribution in [2.24, 2.45) is 0 Å². The van der Waals surface area contributed by atoms with Crippen LogP contribution in [-0.2, 0) is 4.52 Å². The van der Waals surface area contributed by atoms with Gasteiger partial charge in [0, 0.05) is 5.38 Å². The van der Waals surface area contributed by atoms with Gasteiger partial charge in [-0.25, -0.2) is 0 Å². The maximum atomic E-state index is 8.22. The van der Waals surface area contributed by atoms with Crippen LogP contribution < -0.4 is 0 Å². The molecule has 1 unspecified atom stereocenters. The van der Waals surface area contributed by atoms with Gasteiger partial charge in [0.15, 0.2) is 0 Å². The molecule has 5 heteroatoms. The molecular weight excluding hydrogens is 162 g/mol. The molecule has 0 aromatic heterocycles. The summed E-state index contributed by atoms with van der Waals surface area (Å²) in [6, 6.07) is 0. The second-order valence-electron chi connectivity index (χ2n) is 1.66. The highest BCUT2D eigenvalue weighted by Gasteiger charge is 2.00. The molecule has 0 aromatic rings. The second-order valence-corrected chi connectivity index (χ2v) is 3.16. The fraction of sp³-hybridized carbons (Fsp3) is 1.00. The van der Waals surface area contributed by atoms with Crippen LogP contribution in [0.25, 0.3) is 0 Å². The molecule has 0 rings (SSSR count). The third kappa shape index (κ3) is 8.60. The molecule has 56 valence electrons. The zero-order valence-electron chi connectivity index (χ0n) is 5.12. The minimum atomic E-state index is -2.19. The largest absolute Gasteiger partial charge is 0.328 e. The van der Waals surface area contributed by atoms with Crippen molar-refractivity contribution in [1.82, 2.24) is 0 Å². The van der Waals surface area contributed by atoms with E-state index in [2.05, 4.69) is 4.52 Å². The maximum absolute atomic E-state index is 8.22. The first kappa shape index (κ1) is 9.60. The second kappa shape index (κ2) is 5.39. The molecule has 0 heterocycles. The molecule has 0 aliphatic carbocycles. The number of hydrogen-bond acceptors (Lipinski definition) is 3. The SMILES string of the molecule is CC(Cl)CCOP(O)O. The van der Waals surface area contributed by atoms with Crippen molar-refractivity contribution in [3.63, 3.8) is 0 Å². The maximum Gasteiger partial charge on any atom is 0.327 e. The van der Waals surface area contributed by atoms with Gasteiger partial charge in [0.05, 0.1) is 6.61 Å². The zero-order chi connectivity index (χ0) is 7.28. The van der Waals surface area contributed by atoms with E-state index in [0.29, 0.717) is 13.0 Å². The molecule has 0 fully saturated rings. The Morgan fingerprint density at radius 2 is 2.22 bits per heavy atom. The Morgan fingerprint density at radius 1 is 1.67 bits per heavy atom. The van der Waals surface area contributed by atoms with E-state index >= 15 is 0 Å². The summed E-state index contributed by atoms with van der Waals surface area (Å²) in [5.41, 5.74) is 0. The van der Waals surface area contributed by atoms with Gasteiger partial charge in [0.25, 0.3) is 0 Å².